The second kappa shape index (κ2) is 7.74. The summed E-state index contributed by atoms with van der Waals surface area (Å²) in [7, 11) is 0. The van der Waals surface area contributed by atoms with Gasteiger partial charge >= 0.3 is 0 Å². The van der Waals surface area contributed by atoms with Crippen molar-refractivity contribution in [1.82, 2.24) is 4.98 Å². The Morgan fingerprint density at radius 2 is 1.81 bits per heavy atom. The first-order valence-corrected chi connectivity index (χ1v) is 10.3. The topological polar surface area (TPSA) is 50.3 Å². The van der Waals surface area contributed by atoms with E-state index in [-0.39, 0.29) is 5.78 Å². The van der Waals surface area contributed by atoms with Gasteiger partial charge in [-0.05, 0) is 35.9 Å². The number of aromatic nitrogens is 1. The maximum Gasteiger partial charge on any atom is 0.203 e. The largest absolute Gasteiger partial charge is 0.362 e. The molecule has 0 spiro atoms. The molecule has 1 aliphatic heterocycles. The highest BCUT2D eigenvalue weighted by atomic mass is 79.9. The van der Waals surface area contributed by atoms with Gasteiger partial charge in [0, 0.05) is 53.9 Å². The molecule has 0 radical (unpaired) electrons. The summed E-state index contributed by atoms with van der Waals surface area (Å²) in [5.74, 6) is 0.314. The molecule has 0 N–H and O–H groups in total. The minimum atomic E-state index is 0.0101. The maximum atomic E-state index is 13.0. The fourth-order valence-electron chi connectivity index (χ4n) is 3.20. The second-order valence-corrected chi connectivity index (χ2v) is 8.38. The third-order valence-electron chi connectivity index (χ3n) is 4.62. The number of thiophene rings is 1. The fourth-order valence-corrected chi connectivity index (χ4v) is 4.79. The lowest BCUT2D eigenvalue weighted by molar-refractivity contribution is -0.119. The highest BCUT2D eigenvalue weighted by Gasteiger charge is 2.24. The zero-order chi connectivity index (χ0) is 18.8. The first-order chi connectivity index (χ1) is 13.1. The standard InChI is InChI=1S/C21H17BrN2O2S/c22-16-3-1-2-15(12-16)20(26)19-13-18(14-4-8-23-9-5-14)21(27-19)24-10-6-17(25)7-11-24/h1-5,8-9,12-13H,6-7,10-11H2. The molecule has 27 heavy (non-hydrogen) atoms. The van der Waals surface area contributed by atoms with Crippen LogP contribution in [-0.2, 0) is 4.79 Å². The number of carbonyl (C=O) groups is 2. The summed E-state index contributed by atoms with van der Waals surface area (Å²) in [4.78, 5) is 31.7. The van der Waals surface area contributed by atoms with Gasteiger partial charge in [0.2, 0.25) is 5.78 Å². The van der Waals surface area contributed by atoms with Crippen LogP contribution in [0.2, 0.25) is 0 Å². The Morgan fingerprint density at radius 3 is 2.52 bits per heavy atom. The Kier molecular flexibility index (Phi) is 5.18. The molecule has 0 atom stereocenters. The van der Waals surface area contributed by atoms with Crippen molar-refractivity contribution in [3.63, 3.8) is 0 Å². The third-order valence-corrected chi connectivity index (χ3v) is 6.31. The Labute approximate surface area is 170 Å². The summed E-state index contributed by atoms with van der Waals surface area (Å²) >= 11 is 4.93. The fraction of sp³-hybridized carbons (Fsp3) is 0.190. The van der Waals surface area contributed by atoms with Crippen LogP contribution in [0.1, 0.15) is 28.1 Å². The van der Waals surface area contributed by atoms with Gasteiger partial charge in [-0.2, -0.15) is 0 Å². The number of ketones is 2. The van der Waals surface area contributed by atoms with Crippen LogP contribution < -0.4 is 4.90 Å². The quantitative estimate of drug-likeness (QED) is 0.537. The summed E-state index contributed by atoms with van der Waals surface area (Å²) < 4.78 is 0.883. The number of hydrogen-bond acceptors (Lipinski definition) is 5. The minimum Gasteiger partial charge on any atom is -0.362 e. The smallest absolute Gasteiger partial charge is 0.203 e. The number of Topliss-reactive ketones (excluding diaryl/α,β-unsaturated/α-hetero) is 1. The summed E-state index contributed by atoms with van der Waals surface area (Å²) in [6.45, 7) is 1.39. The average molecular weight is 441 g/mol. The monoisotopic (exact) mass is 440 g/mol. The van der Waals surface area contributed by atoms with E-state index >= 15 is 0 Å². The first kappa shape index (κ1) is 18.1. The van der Waals surface area contributed by atoms with Crippen LogP contribution >= 0.6 is 27.3 Å². The van der Waals surface area contributed by atoms with Gasteiger partial charge in [0.15, 0.2) is 0 Å². The van der Waals surface area contributed by atoms with E-state index in [4.69, 9.17) is 0 Å². The van der Waals surface area contributed by atoms with Crippen LogP contribution in [0, 0.1) is 0 Å². The molecular weight excluding hydrogens is 424 g/mol. The molecule has 0 saturated carbocycles. The predicted molar refractivity (Wildman–Crippen MR) is 112 cm³/mol. The van der Waals surface area contributed by atoms with Crippen LogP contribution in [0.25, 0.3) is 11.1 Å². The summed E-state index contributed by atoms with van der Waals surface area (Å²) in [5, 5.41) is 1.05. The van der Waals surface area contributed by atoms with E-state index in [9.17, 15) is 9.59 Å². The van der Waals surface area contributed by atoms with E-state index in [0.717, 1.165) is 20.6 Å². The molecule has 2 aromatic heterocycles. The molecule has 0 bridgehead atoms. The summed E-state index contributed by atoms with van der Waals surface area (Å²) in [6, 6.07) is 13.3. The molecule has 1 fully saturated rings. The SMILES string of the molecule is O=C1CCN(c2sc(C(=O)c3cccc(Br)c3)cc2-c2ccncc2)CC1. The third kappa shape index (κ3) is 3.87. The molecule has 3 aromatic rings. The molecule has 6 heteroatoms. The molecular formula is C21H17BrN2O2S. The second-order valence-electron chi connectivity index (χ2n) is 6.43. The highest BCUT2D eigenvalue weighted by Crippen LogP contribution is 2.40. The number of benzene rings is 1. The lowest BCUT2D eigenvalue weighted by Gasteiger charge is -2.27. The van der Waals surface area contributed by atoms with Crippen LogP contribution in [0.4, 0.5) is 5.00 Å². The van der Waals surface area contributed by atoms with Crippen molar-refractivity contribution in [2.75, 3.05) is 18.0 Å². The first-order valence-electron chi connectivity index (χ1n) is 8.73. The van der Waals surface area contributed by atoms with Gasteiger partial charge in [-0.3, -0.25) is 14.6 Å². The normalized spacial score (nSPS) is 14.4. The zero-order valence-electron chi connectivity index (χ0n) is 14.5. The van der Waals surface area contributed by atoms with Crippen molar-refractivity contribution < 1.29 is 9.59 Å². The van der Waals surface area contributed by atoms with Crippen LogP contribution in [0.5, 0.6) is 0 Å². The van der Waals surface area contributed by atoms with Crippen LogP contribution in [0.3, 0.4) is 0 Å². The van der Waals surface area contributed by atoms with E-state index in [1.807, 2.05) is 42.5 Å². The van der Waals surface area contributed by atoms with E-state index < -0.39 is 0 Å². The summed E-state index contributed by atoms with van der Waals surface area (Å²) in [5.41, 5.74) is 2.71. The molecule has 1 aromatic carbocycles. The minimum absolute atomic E-state index is 0.0101. The highest BCUT2D eigenvalue weighted by molar-refractivity contribution is 9.10. The Bertz CT molecular complexity index is 990. The Balaban J connectivity index is 1.75. The number of anilines is 1. The summed E-state index contributed by atoms with van der Waals surface area (Å²) in [6.07, 6.45) is 4.63. The van der Waals surface area contributed by atoms with E-state index in [1.54, 1.807) is 12.4 Å². The van der Waals surface area contributed by atoms with Crippen molar-refractivity contribution in [2.24, 2.45) is 0 Å². The number of pyridine rings is 1. The number of hydrogen-bond donors (Lipinski definition) is 0. The average Bonchev–Trinajstić information content (AvgIpc) is 3.14. The Hall–Kier alpha value is -2.31. The van der Waals surface area contributed by atoms with E-state index in [2.05, 4.69) is 25.8 Å². The van der Waals surface area contributed by atoms with Crippen molar-refractivity contribution in [3.05, 3.63) is 69.8 Å². The van der Waals surface area contributed by atoms with Gasteiger partial charge in [-0.15, -0.1) is 11.3 Å². The van der Waals surface area contributed by atoms with Gasteiger partial charge in [0.1, 0.15) is 5.78 Å². The van der Waals surface area contributed by atoms with Gasteiger partial charge in [0.25, 0.3) is 0 Å². The molecule has 4 rings (SSSR count). The molecule has 0 aliphatic carbocycles. The van der Waals surface area contributed by atoms with Crippen molar-refractivity contribution in [1.29, 1.82) is 0 Å². The number of nitrogens with zero attached hydrogens (tertiary/aromatic N) is 2. The van der Waals surface area contributed by atoms with Crippen molar-refractivity contribution >= 4 is 43.8 Å². The zero-order valence-corrected chi connectivity index (χ0v) is 16.9. The lowest BCUT2D eigenvalue weighted by Crippen LogP contribution is -2.33. The molecule has 0 amide bonds. The molecule has 4 nitrogen and oxygen atoms in total. The molecule has 0 unspecified atom stereocenters. The van der Waals surface area contributed by atoms with Gasteiger partial charge in [0.05, 0.1) is 9.88 Å². The van der Waals surface area contributed by atoms with E-state index in [1.165, 1.54) is 11.3 Å². The van der Waals surface area contributed by atoms with Gasteiger partial charge in [-0.25, -0.2) is 0 Å². The molecule has 1 aliphatic rings. The van der Waals surface area contributed by atoms with Crippen LogP contribution in [0.15, 0.2) is 59.3 Å². The number of rotatable bonds is 4. The number of carbonyl (C=O) groups excluding carboxylic acids is 2. The lowest BCUT2D eigenvalue weighted by atomic mass is 10.0. The Morgan fingerprint density at radius 1 is 1.07 bits per heavy atom. The molecule has 3 heterocycles. The molecule has 136 valence electrons. The van der Waals surface area contributed by atoms with Crippen molar-refractivity contribution in [3.8, 4) is 11.1 Å². The molecule has 1 saturated heterocycles. The van der Waals surface area contributed by atoms with E-state index in [0.29, 0.717) is 42.2 Å². The number of halogens is 1. The van der Waals surface area contributed by atoms with Gasteiger partial charge < -0.3 is 4.90 Å². The van der Waals surface area contributed by atoms with Crippen LogP contribution in [-0.4, -0.2) is 29.6 Å². The maximum absolute atomic E-state index is 13.0. The number of piperidine rings is 1. The van der Waals surface area contributed by atoms with Gasteiger partial charge in [-0.1, -0.05) is 28.1 Å². The predicted octanol–water partition coefficient (Wildman–Crippen LogP) is 4.97. The van der Waals surface area contributed by atoms with Crippen molar-refractivity contribution in [2.45, 2.75) is 12.8 Å².